The molecule has 0 fully saturated rings. The Labute approximate surface area is 172 Å². The second-order valence-corrected chi connectivity index (χ2v) is 6.65. The third-order valence-electron chi connectivity index (χ3n) is 4.25. The summed E-state index contributed by atoms with van der Waals surface area (Å²) in [5.74, 6) is -0.254. The molecule has 0 aliphatic rings. The number of ether oxygens (including phenoxy) is 2. The molecule has 0 spiro atoms. The SMILES string of the molecule is COc1cc(CNc2ccc(C(=O)O)cc2)ccc1OCc1ccc(F)cc1Cl. The molecule has 2 N–H and O–H groups in total. The van der Waals surface area contributed by atoms with Crippen LogP contribution in [-0.4, -0.2) is 18.2 Å². The molecule has 29 heavy (non-hydrogen) atoms. The van der Waals surface area contributed by atoms with Gasteiger partial charge in [-0.15, -0.1) is 0 Å². The Balaban J connectivity index is 1.64. The van der Waals surface area contributed by atoms with Gasteiger partial charge in [-0.1, -0.05) is 23.7 Å². The standard InChI is InChI=1S/C22H19ClFNO4/c1-28-21-10-14(12-25-18-7-4-15(5-8-18)22(26)27)2-9-20(21)29-13-16-3-6-17(24)11-19(16)23/h2-11,25H,12-13H2,1H3,(H,26,27). The van der Waals surface area contributed by atoms with Crippen molar-refractivity contribution in [2.24, 2.45) is 0 Å². The van der Waals surface area contributed by atoms with Crippen molar-refractivity contribution < 1.29 is 23.8 Å². The van der Waals surface area contributed by atoms with E-state index in [1.54, 1.807) is 43.5 Å². The first-order valence-corrected chi connectivity index (χ1v) is 9.15. The topological polar surface area (TPSA) is 67.8 Å². The van der Waals surface area contributed by atoms with Gasteiger partial charge in [0, 0.05) is 17.8 Å². The lowest BCUT2D eigenvalue weighted by atomic mass is 10.1. The molecule has 150 valence electrons. The molecule has 0 saturated carbocycles. The van der Waals surface area contributed by atoms with Crippen LogP contribution in [0, 0.1) is 5.82 Å². The summed E-state index contributed by atoms with van der Waals surface area (Å²) in [5.41, 5.74) is 2.67. The van der Waals surface area contributed by atoms with Gasteiger partial charge in [0.05, 0.1) is 17.7 Å². The van der Waals surface area contributed by atoms with E-state index in [0.717, 1.165) is 11.3 Å². The van der Waals surface area contributed by atoms with Crippen LogP contribution in [0.1, 0.15) is 21.5 Å². The largest absolute Gasteiger partial charge is 0.493 e. The van der Waals surface area contributed by atoms with Crippen molar-refractivity contribution in [3.8, 4) is 11.5 Å². The normalized spacial score (nSPS) is 10.4. The maximum atomic E-state index is 13.1. The van der Waals surface area contributed by atoms with Gasteiger partial charge in [0.1, 0.15) is 12.4 Å². The van der Waals surface area contributed by atoms with Crippen LogP contribution in [0.5, 0.6) is 11.5 Å². The van der Waals surface area contributed by atoms with Gasteiger partial charge in [0.25, 0.3) is 0 Å². The van der Waals surface area contributed by atoms with Crippen molar-refractivity contribution >= 4 is 23.3 Å². The maximum absolute atomic E-state index is 13.1. The molecule has 3 rings (SSSR count). The number of carboxylic acids is 1. The van der Waals surface area contributed by atoms with Crippen molar-refractivity contribution in [2.75, 3.05) is 12.4 Å². The molecule has 3 aromatic carbocycles. The van der Waals surface area contributed by atoms with E-state index < -0.39 is 11.8 Å². The third kappa shape index (κ3) is 5.39. The lowest BCUT2D eigenvalue weighted by Crippen LogP contribution is -2.03. The fourth-order valence-corrected chi connectivity index (χ4v) is 2.89. The molecule has 0 atom stereocenters. The molecule has 0 unspecified atom stereocenters. The minimum atomic E-state index is -0.959. The van der Waals surface area contributed by atoms with Gasteiger partial charge in [-0.05, 0) is 54.1 Å². The predicted octanol–water partition coefficient (Wildman–Crippen LogP) is 5.38. The quantitative estimate of drug-likeness (QED) is 0.517. The molecule has 0 aliphatic carbocycles. The second-order valence-electron chi connectivity index (χ2n) is 6.25. The average Bonchev–Trinajstić information content (AvgIpc) is 2.72. The van der Waals surface area contributed by atoms with Crippen molar-refractivity contribution in [2.45, 2.75) is 13.2 Å². The summed E-state index contributed by atoms with van der Waals surface area (Å²) in [4.78, 5) is 10.9. The van der Waals surface area contributed by atoms with Gasteiger partial charge in [-0.3, -0.25) is 0 Å². The summed E-state index contributed by atoms with van der Waals surface area (Å²) in [6.45, 7) is 0.704. The van der Waals surface area contributed by atoms with Gasteiger partial charge in [-0.2, -0.15) is 0 Å². The summed E-state index contributed by atoms with van der Waals surface area (Å²) < 4.78 is 24.3. The first-order valence-electron chi connectivity index (χ1n) is 8.77. The van der Waals surface area contributed by atoms with Crippen molar-refractivity contribution in [1.29, 1.82) is 0 Å². The maximum Gasteiger partial charge on any atom is 0.335 e. The Kier molecular flexibility index (Phi) is 6.57. The molecule has 0 amide bonds. The minimum Gasteiger partial charge on any atom is -0.493 e. The van der Waals surface area contributed by atoms with Crippen LogP contribution in [0.15, 0.2) is 60.7 Å². The van der Waals surface area contributed by atoms with E-state index in [-0.39, 0.29) is 12.2 Å². The molecular formula is C22H19ClFNO4. The Hall–Kier alpha value is -3.25. The first-order chi connectivity index (χ1) is 14.0. The highest BCUT2D eigenvalue weighted by molar-refractivity contribution is 6.31. The van der Waals surface area contributed by atoms with Crippen LogP contribution in [0.25, 0.3) is 0 Å². The van der Waals surface area contributed by atoms with E-state index in [1.165, 1.54) is 12.1 Å². The molecule has 0 saturated heterocycles. The van der Waals surface area contributed by atoms with Crippen LogP contribution in [0.2, 0.25) is 5.02 Å². The van der Waals surface area contributed by atoms with Gasteiger partial charge in [0.15, 0.2) is 11.5 Å². The molecule has 0 radical (unpaired) electrons. The number of anilines is 1. The summed E-state index contributed by atoms with van der Waals surface area (Å²) in [7, 11) is 1.55. The number of halogens is 2. The number of hydrogen-bond donors (Lipinski definition) is 2. The van der Waals surface area contributed by atoms with E-state index in [1.807, 2.05) is 12.1 Å². The second kappa shape index (κ2) is 9.30. The summed E-state index contributed by atoms with van der Waals surface area (Å²) >= 11 is 6.03. The molecule has 3 aromatic rings. The highest BCUT2D eigenvalue weighted by Gasteiger charge is 2.09. The van der Waals surface area contributed by atoms with E-state index in [9.17, 15) is 9.18 Å². The number of aromatic carboxylic acids is 1. The number of rotatable bonds is 8. The fourth-order valence-electron chi connectivity index (χ4n) is 2.67. The molecule has 0 bridgehead atoms. The van der Waals surface area contributed by atoms with Crippen molar-refractivity contribution in [1.82, 2.24) is 0 Å². The monoisotopic (exact) mass is 415 g/mol. The third-order valence-corrected chi connectivity index (χ3v) is 4.61. The Morgan fingerprint density at radius 2 is 1.83 bits per heavy atom. The summed E-state index contributed by atoms with van der Waals surface area (Å²) in [6, 6.07) is 16.2. The smallest absolute Gasteiger partial charge is 0.335 e. The zero-order valence-electron chi connectivity index (χ0n) is 15.6. The lowest BCUT2D eigenvalue weighted by molar-refractivity contribution is 0.0697. The Bertz CT molecular complexity index is 1010. The van der Waals surface area contributed by atoms with Crippen molar-refractivity contribution in [3.05, 3.63) is 88.2 Å². The minimum absolute atomic E-state index is 0.184. The molecule has 5 nitrogen and oxygen atoms in total. The molecule has 0 aromatic heterocycles. The van der Waals surface area contributed by atoms with Crippen LogP contribution < -0.4 is 14.8 Å². The van der Waals surface area contributed by atoms with Gasteiger partial charge in [0.2, 0.25) is 0 Å². The number of methoxy groups -OCH3 is 1. The zero-order chi connectivity index (χ0) is 20.8. The van der Waals surface area contributed by atoms with E-state index in [4.69, 9.17) is 26.2 Å². The Morgan fingerprint density at radius 3 is 2.48 bits per heavy atom. The van der Waals surface area contributed by atoms with Crippen LogP contribution in [0.4, 0.5) is 10.1 Å². The van der Waals surface area contributed by atoms with Crippen molar-refractivity contribution in [3.63, 3.8) is 0 Å². The zero-order valence-corrected chi connectivity index (χ0v) is 16.4. The van der Waals surface area contributed by atoms with E-state index >= 15 is 0 Å². The van der Waals surface area contributed by atoms with Gasteiger partial charge in [-0.25, -0.2) is 9.18 Å². The fraction of sp³-hybridized carbons (Fsp3) is 0.136. The van der Waals surface area contributed by atoms with Gasteiger partial charge >= 0.3 is 5.97 Å². The molecule has 0 aliphatic heterocycles. The number of benzene rings is 3. The highest BCUT2D eigenvalue weighted by Crippen LogP contribution is 2.30. The number of nitrogens with one attached hydrogen (secondary N) is 1. The number of carbonyl (C=O) groups is 1. The molecule has 7 heteroatoms. The first kappa shape index (κ1) is 20.5. The van der Waals surface area contributed by atoms with Crippen LogP contribution in [0.3, 0.4) is 0 Å². The van der Waals surface area contributed by atoms with E-state index in [2.05, 4.69) is 5.32 Å². The van der Waals surface area contributed by atoms with E-state index in [0.29, 0.717) is 28.6 Å². The molecular weight excluding hydrogens is 397 g/mol. The van der Waals surface area contributed by atoms with Gasteiger partial charge < -0.3 is 19.9 Å². The number of hydrogen-bond acceptors (Lipinski definition) is 4. The summed E-state index contributed by atoms with van der Waals surface area (Å²) in [5, 5.41) is 12.5. The Morgan fingerprint density at radius 1 is 1.07 bits per heavy atom. The summed E-state index contributed by atoms with van der Waals surface area (Å²) in [6.07, 6.45) is 0. The predicted molar refractivity (Wildman–Crippen MR) is 109 cm³/mol. The average molecular weight is 416 g/mol. The van der Waals surface area contributed by atoms with Crippen LogP contribution >= 0.6 is 11.6 Å². The van der Waals surface area contributed by atoms with Crippen LogP contribution in [-0.2, 0) is 13.2 Å². The highest BCUT2D eigenvalue weighted by atomic mass is 35.5. The number of carboxylic acid groups (broad SMARTS) is 1. The molecule has 0 heterocycles. The lowest BCUT2D eigenvalue weighted by Gasteiger charge is -2.14.